The number of carbonyl (C=O) groups excluding carboxylic acids is 1. The van der Waals surface area contributed by atoms with E-state index in [0.717, 1.165) is 29.3 Å². The number of nitrogens with one attached hydrogen (secondary N) is 3. The number of guanidine groups is 1. The third-order valence-electron chi connectivity index (χ3n) is 4.39. The lowest BCUT2D eigenvalue weighted by Crippen LogP contribution is -2.40. The number of aliphatic imine (C=N–C) groups is 1. The number of hydrogen-bond acceptors (Lipinski definition) is 4. The predicted molar refractivity (Wildman–Crippen MR) is 121 cm³/mol. The van der Waals surface area contributed by atoms with Gasteiger partial charge in [0.1, 0.15) is 0 Å². The number of anilines is 1. The van der Waals surface area contributed by atoms with E-state index < -0.39 is 0 Å². The molecule has 1 aliphatic heterocycles. The molecule has 0 aliphatic carbocycles. The average molecular weight is 495 g/mol. The zero-order chi connectivity index (χ0) is 19.1. The Balaban J connectivity index is 0.00000280. The highest BCUT2D eigenvalue weighted by Crippen LogP contribution is 2.31. The zero-order valence-corrected chi connectivity index (χ0v) is 18.4. The van der Waals surface area contributed by atoms with Gasteiger partial charge in [-0.15, -0.1) is 24.0 Å². The van der Waals surface area contributed by atoms with Crippen LogP contribution in [-0.4, -0.2) is 37.1 Å². The monoisotopic (exact) mass is 495 g/mol. The average Bonchev–Trinajstić information content (AvgIpc) is 2.70. The third-order valence-corrected chi connectivity index (χ3v) is 4.39. The summed E-state index contributed by atoms with van der Waals surface area (Å²) < 4.78 is 5.15. The normalized spacial score (nSPS) is 15.7. The topological polar surface area (TPSA) is 87.6 Å². The molecule has 0 spiro atoms. The number of hydrogen-bond donors (Lipinski definition) is 3. The molecule has 0 saturated carbocycles. The molecule has 1 aromatic heterocycles. The summed E-state index contributed by atoms with van der Waals surface area (Å²) in [6.45, 7) is 3.93. The Hall–Kier alpha value is -2.36. The summed E-state index contributed by atoms with van der Waals surface area (Å²) in [6, 6.07) is 11.7. The van der Waals surface area contributed by atoms with Crippen LogP contribution in [0, 0.1) is 0 Å². The van der Waals surface area contributed by atoms with Gasteiger partial charge in [0.25, 0.3) is 0 Å². The van der Waals surface area contributed by atoms with E-state index in [1.807, 2.05) is 37.3 Å². The number of ether oxygens (including phenoxy) is 1. The van der Waals surface area contributed by atoms with E-state index in [4.69, 9.17) is 4.74 Å². The predicted octanol–water partition coefficient (Wildman–Crippen LogP) is 2.89. The van der Waals surface area contributed by atoms with Gasteiger partial charge in [-0.05, 0) is 30.2 Å². The molecule has 28 heavy (non-hydrogen) atoms. The van der Waals surface area contributed by atoms with Crippen molar-refractivity contribution in [1.82, 2.24) is 15.6 Å². The smallest absolute Gasteiger partial charge is 0.225 e. The Morgan fingerprint density at radius 1 is 1.32 bits per heavy atom. The summed E-state index contributed by atoms with van der Waals surface area (Å²) in [7, 11) is 1.60. The number of aromatic nitrogens is 1. The van der Waals surface area contributed by atoms with Crippen LogP contribution in [0.25, 0.3) is 0 Å². The van der Waals surface area contributed by atoms with Crippen LogP contribution in [-0.2, 0) is 11.3 Å². The fourth-order valence-corrected chi connectivity index (χ4v) is 3.08. The molecule has 0 fully saturated rings. The van der Waals surface area contributed by atoms with Gasteiger partial charge in [-0.1, -0.05) is 18.2 Å². The highest BCUT2D eigenvalue weighted by molar-refractivity contribution is 14.0. The third kappa shape index (κ3) is 5.82. The Morgan fingerprint density at radius 2 is 2.14 bits per heavy atom. The Kier molecular flexibility index (Phi) is 8.49. The standard InChI is InChI=1S/C20H25N5O2.HI/c1-3-21-20(23-12-14-8-9-22-19(10-14)27-2)24-13-15-11-18(26)25-17-7-5-4-6-16(15)17;/h4-10,15H,3,11-13H2,1-2H3,(H,25,26)(H2,21,23,24);1H. The Bertz CT molecular complexity index is 828. The van der Waals surface area contributed by atoms with E-state index in [2.05, 4.69) is 32.0 Å². The molecule has 0 saturated heterocycles. The first-order chi connectivity index (χ1) is 13.2. The summed E-state index contributed by atoms with van der Waals surface area (Å²) in [5.74, 6) is 1.45. The van der Waals surface area contributed by atoms with Gasteiger partial charge in [-0.25, -0.2) is 9.98 Å². The molecule has 0 bridgehead atoms. The maximum absolute atomic E-state index is 12.0. The molecular weight excluding hydrogens is 469 g/mol. The fourth-order valence-electron chi connectivity index (χ4n) is 3.08. The lowest BCUT2D eigenvalue weighted by molar-refractivity contribution is -0.116. The summed E-state index contributed by atoms with van der Waals surface area (Å²) in [4.78, 5) is 20.7. The van der Waals surface area contributed by atoms with Crippen LogP contribution in [0.5, 0.6) is 5.88 Å². The summed E-state index contributed by atoms with van der Waals surface area (Å²) in [5.41, 5.74) is 3.06. The molecule has 3 rings (SSSR count). The van der Waals surface area contributed by atoms with Crippen molar-refractivity contribution in [1.29, 1.82) is 0 Å². The molecule has 8 heteroatoms. The van der Waals surface area contributed by atoms with Gasteiger partial charge in [-0.2, -0.15) is 0 Å². The number of fused-ring (bicyclic) bond motifs is 1. The molecule has 3 N–H and O–H groups in total. The molecular formula is C20H26IN5O2. The van der Waals surface area contributed by atoms with Crippen molar-refractivity contribution in [2.75, 3.05) is 25.5 Å². The SMILES string of the molecule is CCNC(=NCc1ccnc(OC)c1)NCC1CC(=O)Nc2ccccc21.I. The molecule has 2 aromatic rings. The van der Waals surface area contributed by atoms with Gasteiger partial charge >= 0.3 is 0 Å². The molecule has 1 amide bonds. The number of pyridine rings is 1. The van der Waals surface area contributed by atoms with Gasteiger partial charge in [0.15, 0.2) is 5.96 Å². The van der Waals surface area contributed by atoms with Crippen LogP contribution < -0.4 is 20.7 Å². The van der Waals surface area contributed by atoms with Crippen LogP contribution in [0.3, 0.4) is 0 Å². The molecule has 7 nitrogen and oxygen atoms in total. The van der Waals surface area contributed by atoms with Crippen molar-refractivity contribution in [3.63, 3.8) is 0 Å². The maximum atomic E-state index is 12.0. The van der Waals surface area contributed by atoms with Crippen molar-refractivity contribution in [2.24, 2.45) is 4.99 Å². The van der Waals surface area contributed by atoms with Crippen molar-refractivity contribution in [3.05, 3.63) is 53.7 Å². The number of para-hydroxylation sites is 1. The number of methoxy groups -OCH3 is 1. The van der Waals surface area contributed by atoms with Gasteiger partial charge < -0.3 is 20.7 Å². The van der Waals surface area contributed by atoms with Gasteiger partial charge in [0, 0.05) is 43.4 Å². The quantitative estimate of drug-likeness (QED) is 0.326. The molecule has 150 valence electrons. The van der Waals surface area contributed by atoms with E-state index in [1.165, 1.54) is 0 Å². The van der Waals surface area contributed by atoms with E-state index in [0.29, 0.717) is 25.4 Å². The Labute approximate surface area is 182 Å². The van der Waals surface area contributed by atoms with E-state index in [1.54, 1.807) is 13.3 Å². The fraction of sp³-hybridized carbons (Fsp3) is 0.350. The molecule has 1 unspecified atom stereocenters. The molecule has 1 aromatic carbocycles. The van der Waals surface area contributed by atoms with Crippen LogP contribution in [0.4, 0.5) is 5.69 Å². The second-order valence-corrected chi connectivity index (χ2v) is 6.32. The number of rotatable bonds is 6. The number of amides is 1. The van der Waals surface area contributed by atoms with Crippen LogP contribution >= 0.6 is 24.0 Å². The molecule has 1 atom stereocenters. The molecule has 0 radical (unpaired) electrons. The zero-order valence-electron chi connectivity index (χ0n) is 16.1. The second kappa shape index (κ2) is 10.8. The number of halogens is 1. The minimum absolute atomic E-state index is 0. The summed E-state index contributed by atoms with van der Waals surface area (Å²) >= 11 is 0. The van der Waals surface area contributed by atoms with Gasteiger partial charge in [0.2, 0.25) is 11.8 Å². The minimum Gasteiger partial charge on any atom is -0.481 e. The minimum atomic E-state index is 0. The van der Waals surface area contributed by atoms with E-state index >= 15 is 0 Å². The highest BCUT2D eigenvalue weighted by Gasteiger charge is 2.24. The van der Waals surface area contributed by atoms with Crippen LogP contribution in [0.2, 0.25) is 0 Å². The first-order valence-electron chi connectivity index (χ1n) is 9.09. The summed E-state index contributed by atoms with van der Waals surface area (Å²) in [6.07, 6.45) is 2.17. The maximum Gasteiger partial charge on any atom is 0.225 e. The number of nitrogens with zero attached hydrogens (tertiary/aromatic N) is 2. The number of carbonyl (C=O) groups is 1. The van der Waals surface area contributed by atoms with Gasteiger partial charge in [0.05, 0.1) is 13.7 Å². The lowest BCUT2D eigenvalue weighted by atomic mass is 9.90. The molecule has 2 heterocycles. The largest absolute Gasteiger partial charge is 0.481 e. The van der Waals surface area contributed by atoms with Crippen molar-refractivity contribution >= 4 is 41.5 Å². The second-order valence-electron chi connectivity index (χ2n) is 6.32. The first kappa shape index (κ1) is 21.9. The van der Waals surface area contributed by atoms with Crippen molar-refractivity contribution in [3.8, 4) is 5.88 Å². The van der Waals surface area contributed by atoms with Gasteiger partial charge in [-0.3, -0.25) is 4.79 Å². The summed E-state index contributed by atoms with van der Waals surface area (Å²) in [5, 5.41) is 9.54. The number of benzene rings is 1. The highest BCUT2D eigenvalue weighted by atomic mass is 127. The van der Waals surface area contributed by atoms with Crippen molar-refractivity contribution in [2.45, 2.75) is 25.8 Å². The van der Waals surface area contributed by atoms with E-state index in [9.17, 15) is 4.79 Å². The van der Waals surface area contributed by atoms with Crippen molar-refractivity contribution < 1.29 is 9.53 Å². The first-order valence-corrected chi connectivity index (χ1v) is 9.09. The Morgan fingerprint density at radius 3 is 2.93 bits per heavy atom. The molecule has 1 aliphatic rings. The van der Waals surface area contributed by atoms with E-state index in [-0.39, 0.29) is 35.8 Å². The van der Waals surface area contributed by atoms with Crippen LogP contribution in [0.15, 0.2) is 47.6 Å². The lowest BCUT2D eigenvalue weighted by Gasteiger charge is -2.26. The van der Waals surface area contributed by atoms with Crippen LogP contribution in [0.1, 0.15) is 30.4 Å².